The normalized spacial score (nSPS) is 17.1. The molecule has 0 radical (unpaired) electrons. The molecular formula is C17H26F2IN3. The number of hydrogen-bond donors (Lipinski definition) is 1. The molecule has 1 N–H and O–H groups in total. The summed E-state index contributed by atoms with van der Waals surface area (Å²) in [5.74, 6) is -0.177. The lowest BCUT2D eigenvalue weighted by Crippen LogP contribution is -2.40. The molecule has 0 amide bonds. The molecule has 0 atom stereocenters. The van der Waals surface area contributed by atoms with Crippen molar-refractivity contribution in [3.05, 3.63) is 35.4 Å². The van der Waals surface area contributed by atoms with Crippen LogP contribution in [0.3, 0.4) is 0 Å². The predicted octanol–water partition coefficient (Wildman–Crippen LogP) is 3.82. The van der Waals surface area contributed by atoms with Gasteiger partial charge in [-0.25, -0.2) is 8.78 Å². The summed E-state index contributed by atoms with van der Waals surface area (Å²) in [5.41, 5.74) is 0.945. The van der Waals surface area contributed by atoms with Crippen LogP contribution < -0.4 is 5.32 Å². The third-order valence-electron chi connectivity index (χ3n) is 3.90. The van der Waals surface area contributed by atoms with Crippen LogP contribution in [0.2, 0.25) is 0 Å². The molecule has 130 valence electrons. The van der Waals surface area contributed by atoms with Crippen LogP contribution in [0, 0.1) is 17.0 Å². The maximum atomic E-state index is 13.2. The van der Waals surface area contributed by atoms with Crippen molar-refractivity contribution in [1.82, 2.24) is 10.2 Å². The van der Waals surface area contributed by atoms with Crippen LogP contribution in [0.25, 0.3) is 0 Å². The van der Waals surface area contributed by atoms with E-state index in [1.807, 2.05) is 6.92 Å². The Balaban J connectivity index is 0.00000264. The minimum absolute atomic E-state index is 0. The molecule has 6 heteroatoms. The summed E-state index contributed by atoms with van der Waals surface area (Å²) in [6, 6.07) is 3.62. The number of likely N-dealkylation sites (tertiary alicyclic amines) is 1. The van der Waals surface area contributed by atoms with E-state index in [1.165, 1.54) is 12.1 Å². The maximum Gasteiger partial charge on any atom is 0.193 e. The highest BCUT2D eigenvalue weighted by Gasteiger charge is 2.30. The van der Waals surface area contributed by atoms with Crippen molar-refractivity contribution in [3.8, 4) is 0 Å². The number of rotatable bonds is 4. The Morgan fingerprint density at radius 3 is 2.43 bits per heavy atom. The zero-order valence-electron chi connectivity index (χ0n) is 14.0. The second-order valence-corrected chi connectivity index (χ2v) is 6.60. The molecule has 1 aromatic carbocycles. The van der Waals surface area contributed by atoms with Gasteiger partial charge in [-0.1, -0.05) is 13.8 Å². The van der Waals surface area contributed by atoms with Crippen molar-refractivity contribution in [2.75, 3.05) is 26.2 Å². The second-order valence-electron chi connectivity index (χ2n) is 6.60. The van der Waals surface area contributed by atoms with E-state index in [0.29, 0.717) is 23.9 Å². The largest absolute Gasteiger partial charge is 0.357 e. The molecule has 1 aliphatic heterocycles. The van der Waals surface area contributed by atoms with Gasteiger partial charge in [0.05, 0.1) is 0 Å². The van der Waals surface area contributed by atoms with E-state index < -0.39 is 11.6 Å². The second kappa shape index (κ2) is 8.80. The number of benzene rings is 1. The average molecular weight is 437 g/mol. The Morgan fingerprint density at radius 1 is 1.26 bits per heavy atom. The van der Waals surface area contributed by atoms with Crippen LogP contribution in [0.1, 0.15) is 32.8 Å². The van der Waals surface area contributed by atoms with Gasteiger partial charge in [-0.15, -0.1) is 24.0 Å². The van der Waals surface area contributed by atoms with Gasteiger partial charge in [0.25, 0.3) is 0 Å². The molecule has 23 heavy (non-hydrogen) atoms. The molecular weight excluding hydrogens is 411 g/mol. The maximum absolute atomic E-state index is 13.2. The van der Waals surface area contributed by atoms with Gasteiger partial charge in [-0.2, -0.15) is 0 Å². The highest BCUT2D eigenvalue weighted by molar-refractivity contribution is 14.0. The first-order valence-corrected chi connectivity index (χ1v) is 7.88. The number of nitrogens with zero attached hydrogens (tertiary/aromatic N) is 2. The highest BCUT2D eigenvalue weighted by Crippen LogP contribution is 2.28. The molecule has 0 aromatic heterocycles. The quantitative estimate of drug-likeness (QED) is 0.441. The summed E-state index contributed by atoms with van der Waals surface area (Å²) in [7, 11) is 0. The monoisotopic (exact) mass is 437 g/mol. The van der Waals surface area contributed by atoms with Gasteiger partial charge < -0.3 is 10.2 Å². The van der Waals surface area contributed by atoms with Crippen LogP contribution in [0.5, 0.6) is 0 Å². The Labute approximate surface area is 154 Å². The summed E-state index contributed by atoms with van der Waals surface area (Å²) >= 11 is 0. The van der Waals surface area contributed by atoms with Gasteiger partial charge in [0.15, 0.2) is 5.96 Å². The first kappa shape index (κ1) is 20.1. The van der Waals surface area contributed by atoms with Gasteiger partial charge >= 0.3 is 0 Å². The number of halogens is 3. The smallest absolute Gasteiger partial charge is 0.193 e. The van der Waals surface area contributed by atoms with E-state index in [0.717, 1.165) is 38.1 Å². The van der Waals surface area contributed by atoms with Gasteiger partial charge in [0.1, 0.15) is 11.6 Å². The van der Waals surface area contributed by atoms with Gasteiger partial charge in [-0.05, 0) is 42.9 Å². The minimum atomic E-state index is -0.535. The predicted molar refractivity (Wildman–Crippen MR) is 101 cm³/mol. The number of aliphatic imine (C=N–C) groups is 1. The van der Waals surface area contributed by atoms with E-state index in [9.17, 15) is 8.78 Å². The van der Waals surface area contributed by atoms with Crippen LogP contribution in [-0.4, -0.2) is 37.0 Å². The van der Waals surface area contributed by atoms with Gasteiger partial charge in [-0.3, -0.25) is 4.99 Å². The van der Waals surface area contributed by atoms with Crippen molar-refractivity contribution in [2.45, 2.75) is 33.6 Å². The van der Waals surface area contributed by atoms with Crippen molar-refractivity contribution in [1.29, 1.82) is 0 Å². The van der Waals surface area contributed by atoms with Crippen molar-refractivity contribution >= 4 is 29.9 Å². The zero-order chi connectivity index (χ0) is 16.2. The van der Waals surface area contributed by atoms with Crippen molar-refractivity contribution in [2.24, 2.45) is 10.4 Å². The van der Waals surface area contributed by atoms with Crippen LogP contribution in [0.15, 0.2) is 23.2 Å². The zero-order valence-corrected chi connectivity index (χ0v) is 16.4. The lowest BCUT2D eigenvalue weighted by atomic mass is 9.93. The molecule has 1 aliphatic rings. The molecule has 0 aliphatic carbocycles. The van der Waals surface area contributed by atoms with Gasteiger partial charge in [0.2, 0.25) is 0 Å². The lowest BCUT2D eigenvalue weighted by molar-refractivity contribution is 0.370. The Hall–Kier alpha value is -0.920. The van der Waals surface area contributed by atoms with Crippen LogP contribution in [-0.2, 0) is 6.42 Å². The summed E-state index contributed by atoms with van der Waals surface area (Å²) in [5, 5.41) is 3.30. The topological polar surface area (TPSA) is 27.6 Å². The van der Waals surface area contributed by atoms with Crippen LogP contribution >= 0.6 is 24.0 Å². The standard InChI is InChI=1S/C17H25F2N3.HI/c1-4-20-16(22-8-6-17(2,3)12-22)21-7-5-13-9-14(18)11-15(19)10-13;/h9-11H,4-8,12H2,1-3H3,(H,20,21);1H. The Morgan fingerprint density at radius 2 is 1.91 bits per heavy atom. The third-order valence-corrected chi connectivity index (χ3v) is 3.90. The highest BCUT2D eigenvalue weighted by atomic mass is 127. The molecule has 3 nitrogen and oxygen atoms in total. The number of hydrogen-bond acceptors (Lipinski definition) is 1. The lowest BCUT2D eigenvalue weighted by Gasteiger charge is -2.23. The molecule has 0 unspecified atom stereocenters. The Bertz CT molecular complexity index is 526. The summed E-state index contributed by atoms with van der Waals surface area (Å²) in [6.45, 7) is 9.85. The molecule has 1 aromatic rings. The van der Waals surface area contributed by atoms with Crippen molar-refractivity contribution < 1.29 is 8.78 Å². The molecule has 0 spiro atoms. The first-order valence-electron chi connectivity index (χ1n) is 7.88. The van der Waals surface area contributed by atoms with E-state index in [2.05, 4.69) is 29.1 Å². The molecule has 1 fully saturated rings. The van der Waals surface area contributed by atoms with E-state index >= 15 is 0 Å². The summed E-state index contributed by atoms with van der Waals surface area (Å²) in [6.07, 6.45) is 1.67. The third kappa shape index (κ3) is 6.24. The molecule has 2 rings (SSSR count). The first-order chi connectivity index (χ1) is 10.4. The van der Waals surface area contributed by atoms with Crippen molar-refractivity contribution in [3.63, 3.8) is 0 Å². The van der Waals surface area contributed by atoms with E-state index in [4.69, 9.17) is 0 Å². The van der Waals surface area contributed by atoms with E-state index in [-0.39, 0.29) is 24.0 Å². The fraction of sp³-hybridized carbons (Fsp3) is 0.588. The molecule has 1 heterocycles. The fourth-order valence-electron chi connectivity index (χ4n) is 2.77. The molecule has 0 saturated carbocycles. The summed E-state index contributed by atoms with van der Waals surface area (Å²) < 4.78 is 26.3. The SMILES string of the molecule is CCNC(=NCCc1cc(F)cc(F)c1)N1CCC(C)(C)C1.I. The summed E-state index contributed by atoms with van der Waals surface area (Å²) in [4.78, 5) is 6.86. The van der Waals surface area contributed by atoms with Crippen LogP contribution in [0.4, 0.5) is 8.78 Å². The number of guanidine groups is 1. The Kier molecular flexibility index (Phi) is 7.70. The minimum Gasteiger partial charge on any atom is -0.357 e. The number of nitrogens with one attached hydrogen (secondary N) is 1. The molecule has 0 bridgehead atoms. The average Bonchev–Trinajstić information content (AvgIpc) is 2.77. The van der Waals surface area contributed by atoms with E-state index in [1.54, 1.807) is 0 Å². The van der Waals surface area contributed by atoms with Gasteiger partial charge in [0, 0.05) is 32.2 Å². The fourth-order valence-corrected chi connectivity index (χ4v) is 2.77. The molecule has 1 saturated heterocycles.